The van der Waals surface area contributed by atoms with Crippen LogP contribution in [-0.4, -0.2) is 0 Å². The summed E-state index contributed by atoms with van der Waals surface area (Å²) >= 11 is 0. The molecule has 0 bridgehead atoms. The number of aryl methyl sites for hydroxylation is 3. The van der Waals surface area contributed by atoms with Crippen molar-refractivity contribution >= 4 is 21.5 Å². The third-order valence-corrected chi connectivity index (χ3v) is 7.15. The Morgan fingerprint density at radius 3 is 1.57 bits per heavy atom. The van der Waals surface area contributed by atoms with E-state index in [-0.39, 0.29) is 0 Å². The van der Waals surface area contributed by atoms with E-state index in [1.807, 2.05) is 0 Å². The average molecular weight is 467 g/mol. The van der Waals surface area contributed by atoms with Gasteiger partial charge in [-0.25, -0.2) is 0 Å². The summed E-state index contributed by atoms with van der Waals surface area (Å²) in [6.07, 6.45) is 15.6. The second-order valence-electron chi connectivity index (χ2n) is 9.93. The Labute approximate surface area is 214 Å². The molecule has 0 N–H and O–H groups in total. The molecule has 4 aromatic carbocycles. The lowest BCUT2D eigenvalue weighted by Crippen LogP contribution is -1.97. The molecule has 0 atom stereocenters. The van der Waals surface area contributed by atoms with Crippen LogP contribution in [0.4, 0.5) is 0 Å². The number of rotatable bonds is 12. The summed E-state index contributed by atoms with van der Waals surface area (Å²) in [6.45, 7) is 6.82. The molecule has 0 radical (unpaired) electrons. The van der Waals surface area contributed by atoms with Gasteiger partial charge in [0.1, 0.15) is 0 Å². The molecule has 0 nitrogen and oxygen atoms in total. The monoisotopic (exact) mass is 466 g/mol. The quantitative estimate of drug-likeness (QED) is 0.182. The van der Waals surface area contributed by atoms with Gasteiger partial charge < -0.3 is 0 Å². The maximum atomic E-state index is 2.37. The highest BCUT2D eigenvalue weighted by molar-refractivity contribution is 5.87. The van der Waals surface area contributed by atoms with E-state index in [9.17, 15) is 0 Å². The molecule has 0 spiro atoms. The number of hydrogen-bond donors (Lipinski definition) is 0. The zero-order valence-electron chi connectivity index (χ0n) is 22.5. The number of hydrogen-bond acceptors (Lipinski definition) is 0. The van der Waals surface area contributed by atoms with Crippen LogP contribution in [0.1, 0.15) is 95.2 Å². The van der Waals surface area contributed by atoms with E-state index in [1.165, 1.54) is 104 Å². The first-order chi connectivity index (χ1) is 17.3. The topological polar surface area (TPSA) is 0 Å². The van der Waals surface area contributed by atoms with Gasteiger partial charge in [-0.3, -0.25) is 0 Å². The van der Waals surface area contributed by atoms with Gasteiger partial charge in [0.2, 0.25) is 0 Å². The normalized spacial score (nSPS) is 10.9. The van der Waals surface area contributed by atoms with E-state index in [2.05, 4.69) is 99.6 Å². The summed E-state index contributed by atoms with van der Waals surface area (Å²) in [5.41, 5.74) is 4.71. The lowest BCUT2D eigenvalue weighted by molar-refractivity contribution is 0.696. The molecule has 35 heavy (non-hydrogen) atoms. The summed E-state index contributed by atoms with van der Waals surface area (Å²) in [7, 11) is 0. The predicted molar refractivity (Wildman–Crippen MR) is 158 cm³/mol. The van der Waals surface area contributed by atoms with Gasteiger partial charge in [-0.1, -0.05) is 138 Å². The van der Waals surface area contributed by atoms with Crippen LogP contribution in [0.15, 0.2) is 78.9 Å². The van der Waals surface area contributed by atoms with Crippen LogP contribution in [0.5, 0.6) is 0 Å². The van der Waals surface area contributed by atoms with Gasteiger partial charge in [-0.05, 0) is 76.8 Å². The van der Waals surface area contributed by atoms with Gasteiger partial charge in [-0.2, -0.15) is 0 Å². The Morgan fingerprint density at radius 1 is 0.400 bits per heavy atom. The molecule has 0 aliphatic heterocycles. The van der Waals surface area contributed by atoms with Gasteiger partial charge in [0.05, 0.1) is 0 Å². The fraction of sp³-hybridized carbons (Fsp3) is 0.429. The van der Waals surface area contributed by atoms with Crippen molar-refractivity contribution in [2.45, 2.75) is 97.8 Å². The van der Waals surface area contributed by atoms with Gasteiger partial charge in [0.25, 0.3) is 0 Å². The van der Waals surface area contributed by atoms with Crippen molar-refractivity contribution in [3.8, 4) is 0 Å². The van der Waals surface area contributed by atoms with E-state index < -0.39 is 0 Å². The Kier molecular flexibility index (Phi) is 11.9. The summed E-state index contributed by atoms with van der Waals surface area (Å²) in [6, 6.07) is 28.9. The Hall–Kier alpha value is -2.60. The van der Waals surface area contributed by atoms with Crippen LogP contribution in [0.25, 0.3) is 21.5 Å². The summed E-state index contributed by atoms with van der Waals surface area (Å²) in [5, 5.41) is 5.68. The fourth-order valence-electron chi connectivity index (χ4n) is 5.10. The molecule has 0 heterocycles. The van der Waals surface area contributed by atoms with Gasteiger partial charge in [0, 0.05) is 0 Å². The smallest absolute Gasteiger partial charge is 0.0149 e. The minimum Gasteiger partial charge on any atom is -0.0654 e. The van der Waals surface area contributed by atoms with Crippen LogP contribution < -0.4 is 0 Å². The molecule has 0 aliphatic carbocycles. The maximum Gasteiger partial charge on any atom is -0.0149 e. The predicted octanol–water partition coefficient (Wildman–Crippen LogP) is 10.9. The molecular weight excluding hydrogens is 420 g/mol. The van der Waals surface area contributed by atoms with E-state index in [4.69, 9.17) is 0 Å². The maximum absolute atomic E-state index is 2.37. The highest BCUT2D eigenvalue weighted by Gasteiger charge is 2.07. The molecule has 186 valence electrons. The molecule has 0 fully saturated rings. The highest BCUT2D eigenvalue weighted by atomic mass is 14.1. The minimum absolute atomic E-state index is 1.22. The average Bonchev–Trinajstić information content (AvgIpc) is 2.90. The highest BCUT2D eigenvalue weighted by Crippen LogP contribution is 2.26. The molecule has 0 aromatic heterocycles. The first kappa shape index (κ1) is 27.0. The first-order valence-electron chi connectivity index (χ1n) is 14.2. The van der Waals surface area contributed by atoms with E-state index in [0.29, 0.717) is 0 Å². The van der Waals surface area contributed by atoms with Crippen molar-refractivity contribution in [2.24, 2.45) is 0 Å². The summed E-state index contributed by atoms with van der Waals surface area (Å²) in [5.74, 6) is 0. The number of unbranched alkanes of at least 4 members (excludes halogenated alkanes) is 6. The Balaban J connectivity index is 0.000000203. The van der Waals surface area contributed by atoms with Gasteiger partial charge >= 0.3 is 0 Å². The Morgan fingerprint density at radius 2 is 0.914 bits per heavy atom. The van der Waals surface area contributed by atoms with Gasteiger partial charge in [0.15, 0.2) is 0 Å². The molecule has 0 unspecified atom stereocenters. The van der Waals surface area contributed by atoms with Crippen molar-refractivity contribution < 1.29 is 0 Å². The van der Waals surface area contributed by atoms with Crippen molar-refractivity contribution in [2.75, 3.05) is 0 Å². The van der Waals surface area contributed by atoms with Crippen LogP contribution in [0.2, 0.25) is 0 Å². The number of benzene rings is 4. The second-order valence-corrected chi connectivity index (χ2v) is 9.93. The van der Waals surface area contributed by atoms with Crippen LogP contribution in [-0.2, 0) is 19.3 Å². The lowest BCUT2D eigenvalue weighted by atomic mass is 9.92. The standard InChI is InChI=1S/C20H28.C15H18/c1-3-5-7-11-17-15-16-18-12-9-10-14-20(18)19(17)13-8-6-4-2;1-2-3-4-8-13-10-7-11-14-9-5-6-12-15(13)14/h9-10,12,14-16H,3-8,11,13H2,1-2H3;5-7,9-12H,2-4,8H2,1H3. The minimum atomic E-state index is 1.22. The number of fused-ring (bicyclic) bond motifs is 2. The third kappa shape index (κ3) is 8.24. The van der Waals surface area contributed by atoms with E-state index in [1.54, 1.807) is 11.1 Å². The van der Waals surface area contributed by atoms with E-state index >= 15 is 0 Å². The molecule has 0 saturated heterocycles. The fourth-order valence-corrected chi connectivity index (χ4v) is 5.10. The van der Waals surface area contributed by atoms with Crippen LogP contribution in [0, 0.1) is 0 Å². The zero-order valence-corrected chi connectivity index (χ0v) is 22.5. The largest absolute Gasteiger partial charge is 0.0654 e. The molecule has 4 rings (SSSR count). The van der Waals surface area contributed by atoms with E-state index in [0.717, 1.165) is 0 Å². The Bertz CT molecular complexity index is 1130. The molecule has 4 aromatic rings. The van der Waals surface area contributed by atoms with Crippen molar-refractivity contribution in [3.05, 3.63) is 95.6 Å². The molecule has 0 saturated carbocycles. The molecule has 0 amide bonds. The summed E-state index contributed by atoms with van der Waals surface area (Å²) in [4.78, 5) is 0. The van der Waals surface area contributed by atoms with Crippen molar-refractivity contribution in [1.82, 2.24) is 0 Å². The summed E-state index contributed by atoms with van der Waals surface area (Å²) < 4.78 is 0. The SMILES string of the molecule is CCCCCc1ccc2ccccc2c1CCCCC.CCCCCc1cccc2ccccc12. The zero-order chi connectivity index (χ0) is 24.7. The molecular formula is C35H46. The third-order valence-electron chi connectivity index (χ3n) is 7.15. The first-order valence-corrected chi connectivity index (χ1v) is 14.2. The molecule has 0 heteroatoms. The molecule has 0 aliphatic rings. The van der Waals surface area contributed by atoms with Crippen molar-refractivity contribution in [1.29, 1.82) is 0 Å². The second kappa shape index (κ2) is 15.4. The van der Waals surface area contributed by atoms with Crippen molar-refractivity contribution in [3.63, 3.8) is 0 Å². The lowest BCUT2D eigenvalue weighted by Gasteiger charge is -2.13. The van der Waals surface area contributed by atoms with Crippen LogP contribution >= 0.6 is 0 Å². The van der Waals surface area contributed by atoms with Crippen LogP contribution in [0.3, 0.4) is 0 Å². The van der Waals surface area contributed by atoms with Gasteiger partial charge in [-0.15, -0.1) is 0 Å².